The van der Waals surface area contributed by atoms with Crippen molar-refractivity contribution in [2.45, 2.75) is 32.0 Å². The Hall–Kier alpha value is -3.91. The van der Waals surface area contributed by atoms with Crippen LogP contribution in [0.1, 0.15) is 37.0 Å². The Morgan fingerprint density at radius 1 is 0.667 bits per heavy atom. The molecule has 0 aliphatic heterocycles. The van der Waals surface area contributed by atoms with Gasteiger partial charge < -0.3 is 4.42 Å². The maximum Gasteiger partial charge on any atom is 0.143 e. The van der Waals surface area contributed by atoms with Crippen LogP contribution in [-0.2, 0) is 5.41 Å². The van der Waals surface area contributed by atoms with E-state index >= 15 is 0 Å². The molecule has 0 amide bonds. The second kappa shape index (κ2) is 12.1. The molecule has 0 saturated heterocycles. The molecule has 1 aliphatic carbocycles. The van der Waals surface area contributed by atoms with Crippen LogP contribution in [0.15, 0.2) is 134 Å². The second-order valence-electron chi connectivity index (χ2n) is 13.3. The molecule has 1 nitrogen and oxygen atoms in total. The van der Waals surface area contributed by atoms with E-state index in [4.69, 9.17) is 4.42 Å². The third kappa shape index (κ3) is 5.07. The van der Waals surface area contributed by atoms with Crippen molar-refractivity contribution in [1.82, 2.24) is 0 Å². The van der Waals surface area contributed by atoms with Gasteiger partial charge in [-0.05, 0) is 40.3 Å². The quantitative estimate of drug-likeness (QED) is 0.224. The van der Waals surface area contributed by atoms with Crippen LogP contribution in [-0.4, -0.2) is 54.9 Å². The molecule has 5 aromatic rings. The molecular formula is C37H39B7O. The Bertz CT molecular complexity index is 2090. The van der Waals surface area contributed by atoms with Crippen molar-refractivity contribution in [2.24, 2.45) is 0 Å². The Kier molecular flexibility index (Phi) is 8.38. The first kappa shape index (κ1) is 31.1. The third-order valence-corrected chi connectivity index (χ3v) is 10.6. The largest absolute Gasteiger partial charge is 0.455 e. The normalized spacial score (nSPS) is 19.2. The van der Waals surface area contributed by atoms with Crippen molar-refractivity contribution in [1.29, 1.82) is 0 Å². The van der Waals surface area contributed by atoms with Crippen molar-refractivity contribution in [3.05, 3.63) is 146 Å². The van der Waals surface area contributed by atoms with Crippen LogP contribution in [0.5, 0.6) is 0 Å². The molecule has 214 valence electrons. The van der Waals surface area contributed by atoms with Crippen molar-refractivity contribution < 1.29 is 4.42 Å². The monoisotopic (exact) mass is 576 g/mol. The Labute approximate surface area is 275 Å². The zero-order chi connectivity index (χ0) is 32.0. The highest BCUT2D eigenvalue weighted by Gasteiger charge is 2.45. The van der Waals surface area contributed by atoms with E-state index in [0.29, 0.717) is 0 Å². The van der Waals surface area contributed by atoms with Crippen LogP contribution in [0.25, 0.3) is 38.6 Å². The minimum Gasteiger partial charge on any atom is -0.455 e. The van der Waals surface area contributed by atoms with Gasteiger partial charge >= 0.3 is 0 Å². The lowest BCUT2D eigenvalue weighted by molar-refractivity contribution is 0.642. The molecule has 0 radical (unpaired) electrons. The van der Waals surface area contributed by atoms with E-state index in [0.717, 1.165) is 40.2 Å². The lowest BCUT2D eigenvalue weighted by Crippen LogP contribution is -2.29. The molecule has 6 rings (SSSR count). The first-order chi connectivity index (χ1) is 21.6. The minimum atomic E-state index is -0.255. The summed E-state index contributed by atoms with van der Waals surface area (Å²) in [4.78, 5) is 0. The summed E-state index contributed by atoms with van der Waals surface area (Å²) in [6.07, 6.45) is 1.94. The van der Waals surface area contributed by atoms with Gasteiger partial charge in [0.25, 0.3) is 0 Å². The summed E-state index contributed by atoms with van der Waals surface area (Å²) in [6, 6.07) is 33.4. The number of rotatable bonds is 6. The number of allylic oxidation sites excluding steroid dienone is 8. The first-order valence-corrected chi connectivity index (χ1v) is 16.4. The molecule has 1 aliphatic rings. The fraction of sp³-hybridized carbons (Fsp3) is 0.135. The molecule has 0 N–H and O–H groups in total. The molecule has 0 spiro atoms. The fourth-order valence-electron chi connectivity index (χ4n) is 7.61. The van der Waals surface area contributed by atoms with Crippen molar-refractivity contribution in [3.63, 3.8) is 0 Å². The van der Waals surface area contributed by atoms with Gasteiger partial charge in [-0.15, -0.1) is 21.9 Å². The van der Waals surface area contributed by atoms with E-state index in [1.54, 1.807) is 0 Å². The average Bonchev–Trinajstić information content (AvgIpc) is 3.61. The van der Waals surface area contributed by atoms with Crippen LogP contribution in [0, 0.1) is 0 Å². The number of fused-ring (bicyclic) bond motifs is 4. The molecule has 0 bridgehead atoms. The van der Waals surface area contributed by atoms with E-state index in [2.05, 4.69) is 154 Å². The smallest absolute Gasteiger partial charge is 0.143 e. The average molecular weight is 575 g/mol. The molecule has 1 atom stereocenters. The Morgan fingerprint density at radius 3 is 1.98 bits per heavy atom. The van der Waals surface area contributed by atoms with Crippen molar-refractivity contribution >= 4 is 82.4 Å². The predicted octanol–water partition coefficient (Wildman–Crippen LogP) is 3.22. The van der Waals surface area contributed by atoms with Crippen LogP contribution in [0.3, 0.4) is 0 Å². The van der Waals surface area contributed by atoms with Gasteiger partial charge in [-0.1, -0.05) is 122 Å². The molecular weight excluding hydrogens is 536 g/mol. The van der Waals surface area contributed by atoms with Gasteiger partial charge in [0.2, 0.25) is 0 Å². The maximum atomic E-state index is 6.43. The minimum absolute atomic E-state index is 0.255. The predicted molar refractivity (Wildman–Crippen MR) is 215 cm³/mol. The van der Waals surface area contributed by atoms with Gasteiger partial charge in [-0.25, -0.2) is 0 Å². The summed E-state index contributed by atoms with van der Waals surface area (Å²) in [5, 5.41) is 2.33. The lowest BCUT2D eigenvalue weighted by Gasteiger charge is -2.37. The summed E-state index contributed by atoms with van der Waals surface area (Å²) in [5.74, 6) is 0. The molecule has 8 heteroatoms. The summed E-state index contributed by atoms with van der Waals surface area (Å²) in [6.45, 7) is 4.47. The number of benzene rings is 4. The van der Waals surface area contributed by atoms with Gasteiger partial charge in [0.05, 0.1) is 0 Å². The molecule has 1 heterocycles. The number of para-hydroxylation sites is 2. The van der Waals surface area contributed by atoms with Crippen LogP contribution in [0.2, 0.25) is 6.32 Å². The van der Waals surface area contributed by atoms with Crippen molar-refractivity contribution in [3.8, 4) is 11.1 Å². The topological polar surface area (TPSA) is 13.1 Å². The van der Waals surface area contributed by atoms with E-state index in [1.165, 1.54) is 66.2 Å². The highest BCUT2D eigenvalue weighted by Crippen LogP contribution is 2.56. The summed E-state index contributed by atoms with van der Waals surface area (Å²) >= 11 is 0. The molecule has 0 fully saturated rings. The lowest BCUT2D eigenvalue weighted by atomic mass is 9.58. The second-order valence-corrected chi connectivity index (χ2v) is 13.3. The van der Waals surface area contributed by atoms with Crippen LogP contribution in [0.4, 0.5) is 0 Å². The zero-order valence-corrected chi connectivity index (χ0v) is 28.5. The molecule has 4 aromatic carbocycles. The molecule has 1 unspecified atom stereocenters. The highest BCUT2D eigenvalue weighted by molar-refractivity contribution is 6.43. The van der Waals surface area contributed by atoms with Gasteiger partial charge in [0.1, 0.15) is 66.1 Å². The first-order valence-electron chi connectivity index (χ1n) is 16.4. The molecule has 1 aromatic heterocycles. The summed E-state index contributed by atoms with van der Waals surface area (Å²) in [5.41, 5.74) is 19.5. The number of furan rings is 1. The van der Waals surface area contributed by atoms with E-state index < -0.39 is 0 Å². The highest BCUT2D eigenvalue weighted by atomic mass is 16.3. The molecule has 45 heavy (non-hydrogen) atoms. The SMILES string of the molecule is BC/C(=C(B)\C(B)=C(\B)C)C1(c2ccc(-c3cccc4c3oc3ccccc34)cc2)C/C(=C(B)\C(B)=C(\B)C)c2ccccc21. The van der Waals surface area contributed by atoms with Gasteiger partial charge in [0.15, 0.2) is 0 Å². The van der Waals surface area contributed by atoms with E-state index in [9.17, 15) is 0 Å². The Balaban J connectivity index is 1.61. The summed E-state index contributed by atoms with van der Waals surface area (Å²) < 4.78 is 6.43. The van der Waals surface area contributed by atoms with Crippen LogP contribution >= 0.6 is 0 Å². The van der Waals surface area contributed by atoms with E-state index in [1.807, 2.05) is 6.07 Å². The van der Waals surface area contributed by atoms with E-state index in [-0.39, 0.29) is 5.41 Å². The van der Waals surface area contributed by atoms with Gasteiger partial charge in [0, 0.05) is 21.8 Å². The third-order valence-electron chi connectivity index (χ3n) is 10.6. The maximum absolute atomic E-state index is 6.43. The van der Waals surface area contributed by atoms with Gasteiger partial charge in [-0.2, -0.15) is 0 Å². The number of hydrogen-bond donors (Lipinski definition) is 0. The standard InChI is InChI=1S/C37H39B7O/c1-20(39)32(41)34(43)28-18-37(29-12-5-3-8-25(28)29,30(19-38)35(44)33(42)21(2)40)23-16-14-22(15-17-23)24-10-7-11-27-26-9-4-6-13-31(26)45-36(24)27/h3-17H,18-19,38-44H2,1-2H3/b32-20-,33-21-,34-28-,35-30-. The van der Waals surface area contributed by atoms with Crippen LogP contribution < -0.4 is 0 Å². The van der Waals surface area contributed by atoms with Crippen molar-refractivity contribution in [2.75, 3.05) is 0 Å². The fourth-order valence-corrected chi connectivity index (χ4v) is 7.61. The summed E-state index contributed by atoms with van der Waals surface area (Å²) in [7, 11) is 16.1. The molecule has 0 saturated carbocycles. The van der Waals surface area contributed by atoms with Gasteiger partial charge in [-0.3, -0.25) is 0 Å². The number of hydrogen-bond acceptors (Lipinski definition) is 1. The Morgan fingerprint density at radius 2 is 1.29 bits per heavy atom. The zero-order valence-electron chi connectivity index (χ0n) is 28.5.